The van der Waals surface area contributed by atoms with E-state index in [0.717, 1.165) is 56.1 Å². The molecule has 0 fully saturated rings. The molecule has 1 aliphatic carbocycles. The van der Waals surface area contributed by atoms with Crippen molar-refractivity contribution in [1.82, 2.24) is 4.90 Å². The smallest absolute Gasteiger partial charge is 0.256 e. The van der Waals surface area contributed by atoms with E-state index in [4.69, 9.17) is 0 Å². The number of carbonyl (C=O) groups excluding carboxylic acids is 1. The maximum atomic E-state index is 12.8. The molecule has 0 bridgehead atoms. The van der Waals surface area contributed by atoms with Crippen LogP contribution in [0.1, 0.15) is 57.4 Å². The molecule has 1 aromatic rings. The van der Waals surface area contributed by atoms with Crippen molar-refractivity contribution in [1.29, 1.82) is 0 Å². The summed E-state index contributed by atoms with van der Waals surface area (Å²) < 4.78 is 0. The average molecular weight is 339 g/mol. The summed E-state index contributed by atoms with van der Waals surface area (Å²) in [5, 5.41) is 11.4. The van der Waals surface area contributed by atoms with Gasteiger partial charge in [-0.2, -0.15) is 0 Å². The summed E-state index contributed by atoms with van der Waals surface area (Å²) in [4.78, 5) is 14.6. The van der Waals surface area contributed by atoms with Crippen LogP contribution in [-0.4, -0.2) is 28.2 Å². The second-order valence-corrected chi connectivity index (χ2v) is 7.15. The number of nitrogens with zero attached hydrogens (tertiary/aromatic N) is 1. The second kappa shape index (κ2) is 8.01. The fraction of sp³-hybridized carbons (Fsp3) is 0.500. The van der Waals surface area contributed by atoms with E-state index in [2.05, 4.69) is 37.3 Å². The normalized spacial score (nSPS) is 22.6. The van der Waals surface area contributed by atoms with Gasteiger partial charge in [0.15, 0.2) is 5.72 Å². The molecule has 25 heavy (non-hydrogen) atoms. The van der Waals surface area contributed by atoms with Crippen molar-refractivity contribution in [2.45, 2.75) is 64.0 Å². The van der Waals surface area contributed by atoms with Crippen LogP contribution in [0.5, 0.6) is 0 Å². The molecule has 0 aromatic heterocycles. The van der Waals surface area contributed by atoms with Gasteiger partial charge < -0.3 is 10.0 Å². The first-order valence-electron chi connectivity index (χ1n) is 9.65. The number of benzene rings is 1. The van der Waals surface area contributed by atoms with E-state index >= 15 is 0 Å². The fourth-order valence-corrected chi connectivity index (χ4v) is 4.00. The lowest BCUT2D eigenvalue weighted by Gasteiger charge is -2.36. The quantitative estimate of drug-likeness (QED) is 0.714. The predicted molar refractivity (Wildman–Crippen MR) is 101 cm³/mol. The van der Waals surface area contributed by atoms with Gasteiger partial charge in [0.05, 0.1) is 0 Å². The van der Waals surface area contributed by atoms with Crippen molar-refractivity contribution in [3.05, 3.63) is 59.2 Å². The minimum atomic E-state index is -1.06. The van der Waals surface area contributed by atoms with Crippen LogP contribution in [0.15, 0.2) is 53.6 Å². The summed E-state index contributed by atoms with van der Waals surface area (Å²) >= 11 is 0. The van der Waals surface area contributed by atoms with E-state index in [0.29, 0.717) is 13.0 Å². The molecule has 1 atom stereocenters. The van der Waals surface area contributed by atoms with Crippen LogP contribution >= 0.6 is 0 Å². The zero-order valence-electron chi connectivity index (χ0n) is 15.2. The zero-order valence-corrected chi connectivity index (χ0v) is 15.2. The molecule has 1 N–H and O–H groups in total. The molecule has 2 aliphatic rings. The third-order valence-corrected chi connectivity index (χ3v) is 5.39. The van der Waals surface area contributed by atoms with E-state index < -0.39 is 5.72 Å². The lowest BCUT2D eigenvalue weighted by atomic mass is 9.89. The molecular formula is C22H29NO2. The third kappa shape index (κ3) is 3.72. The van der Waals surface area contributed by atoms with Gasteiger partial charge in [0.1, 0.15) is 0 Å². The van der Waals surface area contributed by atoms with E-state index in [9.17, 15) is 9.90 Å². The zero-order chi connectivity index (χ0) is 17.7. The van der Waals surface area contributed by atoms with Crippen molar-refractivity contribution in [3.63, 3.8) is 0 Å². The van der Waals surface area contributed by atoms with Crippen LogP contribution in [0.2, 0.25) is 0 Å². The number of hydrogen-bond donors (Lipinski definition) is 1. The second-order valence-electron chi connectivity index (χ2n) is 7.15. The lowest BCUT2D eigenvalue weighted by Crippen LogP contribution is -2.48. The summed E-state index contributed by atoms with van der Waals surface area (Å²) in [6.45, 7) is 2.76. The molecule has 3 rings (SSSR count). The fourth-order valence-electron chi connectivity index (χ4n) is 4.00. The molecule has 0 saturated carbocycles. The molecule has 0 spiro atoms. The van der Waals surface area contributed by atoms with E-state index in [1.54, 1.807) is 4.90 Å². The Labute approximate surface area is 151 Å². The van der Waals surface area contributed by atoms with Crippen LogP contribution in [0, 0.1) is 0 Å². The van der Waals surface area contributed by atoms with E-state index in [1.165, 1.54) is 5.56 Å². The molecule has 1 unspecified atom stereocenters. The van der Waals surface area contributed by atoms with Crippen LogP contribution in [0.4, 0.5) is 0 Å². The third-order valence-electron chi connectivity index (χ3n) is 5.39. The van der Waals surface area contributed by atoms with Crippen molar-refractivity contribution in [2.75, 3.05) is 6.54 Å². The number of rotatable bonds is 8. The highest BCUT2D eigenvalue weighted by atomic mass is 16.3. The largest absolute Gasteiger partial charge is 0.367 e. The monoisotopic (exact) mass is 339 g/mol. The van der Waals surface area contributed by atoms with Gasteiger partial charge in [0.2, 0.25) is 0 Å². The minimum Gasteiger partial charge on any atom is -0.367 e. The van der Waals surface area contributed by atoms with E-state index in [1.807, 2.05) is 12.1 Å². The predicted octanol–water partition coefficient (Wildman–Crippen LogP) is 4.38. The number of aliphatic hydroxyl groups is 1. The number of amides is 1. The summed E-state index contributed by atoms with van der Waals surface area (Å²) in [5.41, 5.74) is 1.97. The standard InChI is InChI=1S/C22H29NO2/c1-2-3-16-22(25)20-15-8-7-14-19(20)21(24)23(22)17-10-9-13-18-11-5-4-6-12-18/h4-7,11-12,14,25H,2-3,8-10,13,15-17H2,1H3. The minimum absolute atomic E-state index is 0.0178. The summed E-state index contributed by atoms with van der Waals surface area (Å²) in [6.07, 6.45) is 11.3. The molecule has 3 heteroatoms. The molecule has 134 valence electrons. The first-order valence-corrected chi connectivity index (χ1v) is 9.65. The highest BCUT2D eigenvalue weighted by Crippen LogP contribution is 2.42. The van der Waals surface area contributed by atoms with Gasteiger partial charge in [-0.05, 0) is 56.1 Å². The lowest BCUT2D eigenvalue weighted by molar-refractivity contribution is -0.144. The Kier molecular flexibility index (Phi) is 5.74. The van der Waals surface area contributed by atoms with Gasteiger partial charge in [-0.1, -0.05) is 55.8 Å². The number of unbranched alkanes of at least 4 members (excludes halogenated alkanes) is 2. The number of hydrogen-bond acceptors (Lipinski definition) is 2. The van der Waals surface area contributed by atoms with Crippen molar-refractivity contribution >= 4 is 5.91 Å². The maximum Gasteiger partial charge on any atom is 0.256 e. The Morgan fingerprint density at radius 2 is 1.96 bits per heavy atom. The summed E-state index contributed by atoms with van der Waals surface area (Å²) in [5.74, 6) is 0.0178. The SMILES string of the molecule is CCCCC1(O)C2=C(C=CCC2)C(=O)N1CCCCc1ccccc1. The molecular weight excluding hydrogens is 310 g/mol. The maximum absolute atomic E-state index is 12.8. The van der Waals surface area contributed by atoms with E-state index in [-0.39, 0.29) is 5.91 Å². The van der Waals surface area contributed by atoms with Crippen LogP contribution in [0.3, 0.4) is 0 Å². The molecule has 1 amide bonds. The van der Waals surface area contributed by atoms with Crippen molar-refractivity contribution in [3.8, 4) is 0 Å². The highest BCUT2D eigenvalue weighted by Gasteiger charge is 2.48. The van der Waals surface area contributed by atoms with Gasteiger partial charge in [-0.15, -0.1) is 0 Å². The van der Waals surface area contributed by atoms with Crippen LogP contribution in [0.25, 0.3) is 0 Å². The summed E-state index contributed by atoms with van der Waals surface area (Å²) in [6, 6.07) is 10.4. The van der Waals surface area contributed by atoms with Gasteiger partial charge in [0.25, 0.3) is 5.91 Å². The average Bonchev–Trinajstić information content (AvgIpc) is 2.86. The highest BCUT2D eigenvalue weighted by molar-refractivity contribution is 6.01. The Balaban J connectivity index is 1.64. The molecule has 3 nitrogen and oxygen atoms in total. The Hall–Kier alpha value is -1.87. The molecule has 0 radical (unpaired) electrons. The Bertz CT molecular complexity index is 662. The molecule has 1 aromatic carbocycles. The molecule has 0 saturated heterocycles. The summed E-state index contributed by atoms with van der Waals surface area (Å²) in [7, 11) is 0. The van der Waals surface area contributed by atoms with Gasteiger partial charge in [-0.25, -0.2) is 0 Å². The Morgan fingerprint density at radius 1 is 1.16 bits per heavy atom. The number of aryl methyl sites for hydroxylation is 1. The number of carbonyl (C=O) groups is 1. The molecule has 1 aliphatic heterocycles. The first-order chi connectivity index (χ1) is 12.2. The van der Waals surface area contributed by atoms with Crippen LogP contribution in [-0.2, 0) is 11.2 Å². The van der Waals surface area contributed by atoms with Gasteiger partial charge >= 0.3 is 0 Å². The Morgan fingerprint density at radius 3 is 2.72 bits per heavy atom. The van der Waals surface area contributed by atoms with Gasteiger partial charge in [0, 0.05) is 12.1 Å². The van der Waals surface area contributed by atoms with Crippen LogP contribution < -0.4 is 0 Å². The topological polar surface area (TPSA) is 40.5 Å². The number of allylic oxidation sites excluding steroid dienone is 1. The van der Waals surface area contributed by atoms with Crippen molar-refractivity contribution < 1.29 is 9.90 Å². The van der Waals surface area contributed by atoms with Crippen molar-refractivity contribution in [2.24, 2.45) is 0 Å². The molecule has 1 heterocycles. The van der Waals surface area contributed by atoms with Gasteiger partial charge in [-0.3, -0.25) is 4.79 Å². The first kappa shape index (κ1) is 17.9.